The highest BCUT2D eigenvalue weighted by Gasteiger charge is 2.16. The summed E-state index contributed by atoms with van der Waals surface area (Å²) in [5.41, 5.74) is 6.96. The summed E-state index contributed by atoms with van der Waals surface area (Å²) in [6.07, 6.45) is 3.23. The molecule has 0 saturated heterocycles. The summed E-state index contributed by atoms with van der Waals surface area (Å²) in [5.74, 6) is 0.460. The number of anilines is 1. The number of H-pyrrole nitrogens is 1. The van der Waals surface area contributed by atoms with Gasteiger partial charge < -0.3 is 10.5 Å². The van der Waals surface area contributed by atoms with E-state index in [0.717, 1.165) is 5.56 Å². The van der Waals surface area contributed by atoms with E-state index >= 15 is 0 Å². The average Bonchev–Trinajstić information content (AvgIpc) is 2.94. The van der Waals surface area contributed by atoms with E-state index in [1.54, 1.807) is 43.6 Å². The smallest absolute Gasteiger partial charge is 0.215 e. The second-order valence-corrected chi connectivity index (χ2v) is 6.48. The van der Waals surface area contributed by atoms with Crippen LogP contribution in [0.5, 0.6) is 5.75 Å². The molecule has 0 aliphatic carbocycles. The van der Waals surface area contributed by atoms with Crippen LogP contribution in [0.2, 0.25) is 0 Å². The van der Waals surface area contributed by atoms with Gasteiger partial charge >= 0.3 is 0 Å². The molecule has 114 valence electrons. The van der Waals surface area contributed by atoms with Crippen molar-refractivity contribution in [1.29, 1.82) is 0 Å². The maximum atomic E-state index is 11.9. The van der Waals surface area contributed by atoms with Crippen molar-refractivity contribution in [2.45, 2.75) is 13.0 Å². The van der Waals surface area contributed by atoms with Crippen LogP contribution < -0.4 is 15.2 Å². The quantitative estimate of drug-likeness (QED) is 0.662. The molecular weight excluding hydrogens is 292 g/mol. The number of nitrogen functional groups attached to an aromatic ring is 1. The molecule has 0 aliphatic heterocycles. The Morgan fingerprint density at radius 2 is 2.10 bits per heavy atom. The maximum absolute atomic E-state index is 11.9. The number of nitrogens with two attached hydrogens (primary N) is 1. The van der Waals surface area contributed by atoms with Gasteiger partial charge in [0, 0.05) is 23.5 Å². The topological polar surface area (TPSA) is 110 Å². The number of ether oxygens (including phenoxy) is 1. The van der Waals surface area contributed by atoms with Crippen LogP contribution in [0, 0.1) is 0 Å². The first-order chi connectivity index (χ1) is 9.96. The monoisotopic (exact) mass is 310 g/mol. The van der Waals surface area contributed by atoms with Crippen molar-refractivity contribution in [3.8, 4) is 5.75 Å². The Kier molecular flexibility index (Phi) is 4.81. The van der Waals surface area contributed by atoms with Crippen molar-refractivity contribution in [2.24, 2.45) is 0 Å². The van der Waals surface area contributed by atoms with Crippen LogP contribution in [0.15, 0.2) is 36.7 Å². The molecule has 1 atom stereocenters. The van der Waals surface area contributed by atoms with Crippen LogP contribution in [0.25, 0.3) is 0 Å². The Bertz CT molecular complexity index is 653. The zero-order chi connectivity index (χ0) is 15.3. The highest BCUT2D eigenvalue weighted by molar-refractivity contribution is 7.89. The largest absolute Gasteiger partial charge is 0.492 e. The first-order valence-corrected chi connectivity index (χ1v) is 8.08. The van der Waals surface area contributed by atoms with E-state index in [4.69, 9.17) is 10.5 Å². The van der Waals surface area contributed by atoms with Gasteiger partial charge in [-0.3, -0.25) is 5.10 Å². The van der Waals surface area contributed by atoms with Gasteiger partial charge in [0.1, 0.15) is 12.4 Å². The standard InChI is InChI=1S/C13H18N4O3S/c1-10(11-8-15-16-9-11)17-21(18,19)7-6-20-13-4-2-12(14)3-5-13/h2-5,8-10,17H,6-7,14H2,1H3,(H,15,16). The Morgan fingerprint density at radius 1 is 1.38 bits per heavy atom. The fourth-order valence-electron chi connectivity index (χ4n) is 1.73. The van der Waals surface area contributed by atoms with Gasteiger partial charge in [0.2, 0.25) is 10.0 Å². The lowest BCUT2D eigenvalue weighted by atomic mass is 10.2. The zero-order valence-corrected chi connectivity index (χ0v) is 12.4. The van der Waals surface area contributed by atoms with Crippen molar-refractivity contribution in [2.75, 3.05) is 18.1 Å². The number of nitrogens with one attached hydrogen (secondary N) is 2. The number of sulfonamides is 1. The molecule has 7 nitrogen and oxygen atoms in total. The van der Waals surface area contributed by atoms with Crippen molar-refractivity contribution in [3.05, 3.63) is 42.2 Å². The maximum Gasteiger partial charge on any atom is 0.215 e. The first kappa shape index (κ1) is 15.3. The fraction of sp³-hybridized carbons (Fsp3) is 0.308. The summed E-state index contributed by atoms with van der Waals surface area (Å²) >= 11 is 0. The van der Waals surface area contributed by atoms with Gasteiger partial charge in [-0.1, -0.05) is 0 Å². The van der Waals surface area contributed by atoms with E-state index < -0.39 is 10.0 Å². The van der Waals surface area contributed by atoms with E-state index in [-0.39, 0.29) is 18.4 Å². The molecule has 1 unspecified atom stereocenters. The molecule has 0 amide bonds. The Balaban J connectivity index is 1.82. The molecule has 0 saturated carbocycles. The fourth-order valence-corrected chi connectivity index (χ4v) is 2.82. The summed E-state index contributed by atoms with van der Waals surface area (Å²) in [6, 6.07) is 6.45. The highest BCUT2D eigenvalue weighted by atomic mass is 32.2. The molecule has 0 fully saturated rings. The predicted molar refractivity (Wildman–Crippen MR) is 80.3 cm³/mol. The highest BCUT2D eigenvalue weighted by Crippen LogP contribution is 2.14. The Hall–Kier alpha value is -2.06. The SMILES string of the molecule is CC(NS(=O)(=O)CCOc1ccc(N)cc1)c1cn[nH]c1. The lowest BCUT2D eigenvalue weighted by Crippen LogP contribution is -2.31. The van der Waals surface area contributed by atoms with E-state index in [9.17, 15) is 8.42 Å². The number of aromatic amines is 1. The van der Waals surface area contributed by atoms with Crippen molar-refractivity contribution in [1.82, 2.24) is 14.9 Å². The van der Waals surface area contributed by atoms with Gasteiger partial charge in [0.15, 0.2) is 0 Å². The van der Waals surface area contributed by atoms with Gasteiger partial charge in [-0.25, -0.2) is 13.1 Å². The molecule has 2 aromatic rings. The second-order valence-electron chi connectivity index (χ2n) is 4.61. The second kappa shape index (κ2) is 6.59. The third-order valence-electron chi connectivity index (χ3n) is 2.88. The number of nitrogens with zero attached hydrogens (tertiary/aromatic N) is 1. The molecule has 1 aromatic carbocycles. The molecule has 0 aliphatic rings. The van der Waals surface area contributed by atoms with E-state index in [1.165, 1.54) is 0 Å². The molecule has 0 bridgehead atoms. The van der Waals surface area contributed by atoms with Crippen molar-refractivity contribution in [3.63, 3.8) is 0 Å². The Morgan fingerprint density at radius 3 is 2.71 bits per heavy atom. The van der Waals surface area contributed by atoms with Crippen LogP contribution in [-0.4, -0.2) is 31.0 Å². The number of aromatic nitrogens is 2. The molecule has 2 rings (SSSR count). The lowest BCUT2D eigenvalue weighted by Gasteiger charge is -2.13. The number of benzene rings is 1. The van der Waals surface area contributed by atoms with Gasteiger partial charge in [-0.2, -0.15) is 5.10 Å². The van der Waals surface area contributed by atoms with E-state index in [2.05, 4.69) is 14.9 Å². The van der Waals surface area contributed by atoms with Crippen LogP contribution >= 0.6 is 0 Å². The molecule has 0 spiro atoms. The molecule has 21 heavy (non-hydrogen) atoms. The van der Waals surface area contributed by atoms with Crippen molar-refractivity contribution < 1.29 is 13.2 Å². The summed E-state index contributed by atoms with van der Waals surface area (Å²) in [6.45, 7) is 1.82. The molecule has 1 heterocycles. The minimum Gasteiger partial charge on any atom is -0.492 e. The minimum atomic E-state index is -3.43. The number of hydrogen-bond donors (Lipinski definition) is 3. The average molecular weight is 310 g/mol. The van der Waals surface area contributed by atoms with Gasteiger partial charge in [0.25, 0.3) is 0 Å². The van der Waals surface area contributed by atoms with Crippen LogP contribution in [0.4, 0.5) is 5.69 Å². The van der Waals surface area contributed by atoms with Gasteiger partial charge in [0.05, 0.1) is 11.9 Å². The number of rotatable bonds is 7. The van der Waals surface area contributed by atoms with Crippen LogP contribution in [0.3, 0.4) is 0 Å². The molecule has 0 radical (unpaired) electrons. The molecular formula is C13H18N4O3S. The van der Waals surface area contributed by atoms with Crippen LogP contribution in [0.1, 0.15) is 18.5 Å². The van der Waals surface area contributed by atoms with E-state index in [0.29, 0.717) is 11.4 Å². The Labute approximate surface area is 123 Å². The lowest BCUT2D eigenvalue weighted by molar-refractivity contribution is 0.340. The normalized spacial score (nSPS) is 13.0. The predicted octanol–water partition coefficient (Wildman–Crippen LogP) is 1.05. The minimum absolute atomic E-state index is 0.0668. The van der Waals surface area contributed by atoms with Crippen molar-refractivity contribution >= 4 is 15.7 Å². The summed E-state index contributed by atoms with van der Waals surface area (Å²) in [4.78, 5) is 0. The van der Waals surface area contributed by atoms with Gasteiger partial charge in [-0.15, -0.1) is 0 Å². The third kappa shape index (κ3) is 4.76. The molecule has 8 heteroatoms. The van der Waals surface area contributed by atoms with Crippen LogP contribution in [-0.2, 0) is 10.0 Å². The summed E-state index contributed by atoms with van der Waals surface area (Å²) in [5, 5.41) is 6.43. The molecule has 1 aromatic heterocycles. The van der Waals surface area contributed by atoms with E-state index in [1.807, 2.05) is 0 Å². The number of hydrogen-bond acceptors (Lipinski definition) is 5. The summed E-state index contributed by atoms with van der Waals surface area (Å²) < 4.78 is 31.8. The first-order valence-electron chi connectivity index (χ1n) is 6.43. The third-order valence-corrected chi connectivity index (χ3v) is 4.29. The zero-order valence-electron chi connectivity index (χ0n) is 11.6. The summed E-state index contributed by atoms with van der Waals surface area (Å²) in [7, 11) is -3.43. The van der Waals surface area contributed by atoms with Gasteiger partial charge in [-0.05, 0) is 31.2 Å². The molecule has 4 N–H and O–H groups in total.